The summed E-state index contributed by atoms with van der Waals surface area (Å²) >= 11 is 0. The number of piperazine rings is 1. The number of hydrogen-bond donors (Lipinski definition) is 0. The summed E-state index contributed by atoms with van der Waals surface area (Å²) in [6, 6.07) is 0. The van der Waals surface area contributed by atoms with Gasteiger partial charge in [0.2, 0.25) is 0 Å². The van der Waals surface area contributed by atoms with Crippen LogP contribution in [-0.4, -0.2) is 60.8 Å². The van der Waals surface area contributed by atoms with Crippen LogP contribution in [0.25, 0.3) is 0 Å². The molecule has 0 radical (unpaired) electrons. The zero-order chi connectivity index (χ0) is 13.3. The van der Waals surface area contributed by atoms with Gasteiger partial charge in [-0.3, -0.25) is 9.69 Å². The third-order valence-corrected chi connectivity index (χ3v) is 2.30. The molecule has 0 aliphatic carbocycles. The van der Waals surface area contributed by atoms with Crippen LogP contribution in [0.5, 0.6) is 0 Å². The monoisotopic (exact) mass is 264 g/mol. The molecule has 0 aromatic rings. The highest BCUT2D eigenvalue weighted by Crippen LogP contribution is 2.21. The molecule has 1 heterocycles. The van der Waals surface area contributed by atoms with E-state index in [1.165, 1.54) is 0 Å². The Morgan fingerprint density at radius 2 is 1.41 bits per heavy atom. The quantitative estimate of drug-likeness (QED) is 0.666. The predicted molar refractivity (Wildman–Crippen MR) is 45.1 cm³/mol. The van der Waals surface area contributed by atoms with Gasteiger partial charge in [0.1, 0.15) is 0 Å². The Morgan fingerprint density at radius 1 is 0.941 bits per heavy atom. The van der Waals surface area contributed by atoms with Gasteiger partial charge in [-0.2, -0.15) is 26.3 Å². The molecule has 0 aromatic carbocycles. The lowest BCUT2D eigenvalue weighted by Gasteiger charge is -2.35. The summed E-state index contributed by atoms with van der Waals surface area (Å²) in [5, 5.41) is 0. The van der Waals surface area contributed by atoms with Gasteiger partial charge >= 0.3 is 18.3 Å². The van der Waals surface area contributed by atoms with Gasteiger partial charge in [-0.1, -0.05) is 0 Å². The summed E-state index contributed by atoms with van der Waals surface area (Å²) in [4.78, 5) is 12.3. The van der Waals surface area contributed by atoms with E-state index in [0.717, 1.165) is 4.90 Å². The molecule has 1 amide bonds. The average molecular weight is 264 g/mol. The molecule has 3 nitrogen and oxygen atoms in total. The van der Waals surface area contributed by atoms with Crippen molar-refractivity contribution in [2.75, 3.05) is 32.7 Å². The molecule has 0 atom stereocenters. The first-order valence-electron chi connectivity index (χ1n) is 4.75. The van der Waals surface area contributed by atoms with Gasteiger partial charge in [-0.25, -0.2) is 0 Å². The van der Waals surface area contributed by atoms with Crippen LogP contribution in [0.2, 0.25) is 0 Å². The fraction of sp³-hybridized carbons (Fsp3) is 0.875. The summed E-state index contributed by atoms with van der Waals surface area (Å²) in [7, 11) is 0. The molecule has 0 aromatic heterocycles. The SMILES string of the molecule is O=C(N1CCN(CC(F)(F)F)CC1)C(F)(F)F. The molecular formula is C8H10F6N2O. The van der Waals surface area contributed by atoms with Crippen molar-refractivity contribution in [3.63, 3.8) is 0 Å². The standard InChI is InChI=1S/C8H10F6N2O/c9-7(10,11)5-15-1-3-16(4-2-15)6(17)8(12,13)14/h1-5H2. The van der Waals surface area contributed by atoms with Crippen LogP contribution in [0.15, 0.2) is 0 Å². The van der Waals surface area contributed by atoms with Gasteiger partial charge in [0, 0.05) is 26.2 Å². The van der Waals surface area contributed by atoms with Gasteiger partial charge in [-0.15, -0.1) is 0 Å². The first-order chi connectivity index (χ1) is 7.59. The lowest BCUT2D eigenvalue weighted by Crippen LogP contribution is -2.53. The number of rotatable bonds is 1. The largest absolute Gasteiger partial charge is 0.471 e. The van der Waals surface area contributed by atoms with Gasteiger partial charge in [-0.05, 0) is 0 Å². The van der Waals surface area contributed by atoms with Crippen LogP contribution in [-0.2, 0) is 4.79 Å². The van der Waals surface area contributed by atoms with Crippen LogP contribution < -0.4 is 0 Å². The van der Waals surface area contributed by atoms with Crippen molar-refractivity contribution in [2.45, 2.75) is 12.4 Å². The average Bonchev–Trinajstić information content (AvgIpc) is 2.14. The number of amides is 1. The van der Waals surface area contributed by atoms with E-state index in [2.05, 4.69) is 0 Å². The molecule has 1 aliphatic rings. The Balaban J connectivity index is 2.44. The second kappa shape index (κ2) is 4.71. The highest BCUT2D eigenvalue weighted by molar-refractivity contribution is 5.81. The second-order valence-corrected chi connectivity index (χ2v) is 3.68. The lowest BCUT2D eigenvalue weighted by molar-refractivity contribution is -0.188. The number of nitrogens with zero attached hydrogens (tertiary/aromatic N) is 2. The normalized spacial score (nSPS) is 19.5. The molecule has 1 saturated heterocycles. The summed E-state index contributed by atoms with van der Waals surface area (Å²) in [5.41, 5.74) is 0. The number of halogens is 6. The molecule has 17 heavy (non-hydrogen) atoms. The fourth-order valence-electron chi connectivity index (χ4n) is 1.54. The van der Waals surface area contributed by atoms with E-state index < -0.39 is 24.8 Å². The molecule has 1 rings (SSSR count). The van der Waals surface area contributed by atoms with Crippen molar-refractivity contribution >= 4 is 5.91 Å². The number of alkyl halides is 6. The van der Waals surface area contributed by atoms with Gasteiger partial charge in [0.15, 0.2) is 0 Å². The highest BCUT2D eigenvalue weighted by Gasteiger charge is 2.43. The number of carbonyl (C=O) groups is 1. The smallest absolute Gasteiger partial charge is 0.332 e. The third kappa shape index (κ3) is 4.41. The van der Waals surface area contributed by atoms with E-state index in [1.807, 2.05) is 0 Å². The fourth-order valence-corrected chi connectivity index (χ4v) is 1.54. The van der Waals surface area contributed by atoms with Crippen molar-refractivity contribution in [3.05, 3.63) is 0 Å². The molecule has 1 fully saturated rings. The van der Waals surface area contributed by atoms with Crippen molar-refractivity contribution in [2.24, 2.45) is 0 Å². The van der Waals surface area contributed by atoms with Crippen LogP contribution >= 0.6 is 0 Å². The summed E-state index contributed by atoms with van der Waals surface area (Å²) in [5.74, 6) is -2.00. The van der Waals surface area contributed by atoms with Crippen molar-refractivity contribution in [3.8, 4) is 0 Å². The first kappa shape index (κ1) is 14.1. The van der Waals surface area contributed by atoms with Crippen LogP contribution in [0.3, 0.4) is 0 Å². The minimum Gasteiger partial charge on any atom is -0.332 e. The molecular weight excluding hydrogens is 254 g/mol. The minimum absolute atomic E-state index is 0.207. The van der Waals surface area contributed by atoms with E-state index in [9.17, 15) is 31.1 Å². The van der Waals surface area contributed by atoms with Crippen molar-refractivity contribution in [1.29, 1.82) is 0 Å². The van der Waals surface area contributed by atoms with E-state index in [-0.39, 0.29) is 26.2 Å². The molecule has 0 bridgehead atoms. The van der Waals surface area contributed by atoms with Crippen molar-refractivity contribution in [1.82, 2.24) is 9.80 Å². The van der Waals surface area contributed by atoms with Gasteiger partial charge < -0.3 is 4.90 Å². The van der Waals surface area contributed by atoms with E-state index in [0.29, 0.717) is 4.90 Å². The molecule has 100 valence electrons. The van der Waals surface area contributed by atoms with E-state index in [1.54, 1.807) is 0 Å². The predicted octanol–water partition coefficient (Wildman–Crippen LogP) is 1.26. The zero-order valence-electron chi connectivity index (χ0n) is 8.61. The second-order valence-electron chi connectivity index (χ2n) is 3.68. The molecule has 1 aliphatic heterocycles. The summed E-state index contributed by atoms with van der Waals surface area (Å²) in [6.45, 7) is -2.26. The first-order valence-corrected chi connectivity index (χ1v) is 4.75. The minimum atomic E-state index is -4.97. The summed E-state index contributed by atoms with van der Waals surface area (Å²) in [6.07, 6.45) is -9.34. The van der Waals surface area contributed by atoms with Crippen LogP contribution in [0, 0.1) is 0 Å². The third-order valence-electron chi connectivity index (χ3n) is 2.30. The molecule has 0 spiro atoms. The van der Waals surface area contributed by atoms with E-state index >= 15 is 0 Å². The Kier molecular flexibility index (Phi) is 3.90. The lowest BCUT2D eigenvalue weighted by atomic mass is 10.3. The maximum atomic E-state index is 12.0. The van der Waals surface area contributed by atoms with Crippen LogP contribution in [0.1, 0.15) is 0 Å². The summed E-state index contributed by atoms with van der Waals surface area (Å²) < 4.78 is 72.0. The molecule has 0 N–H and O–H groups in total. The Labute approximate surface area is 93.0 Å². The zero-order valence-corrected chi connectivity index (χ0v) is 8.61. The van der Waals surface area contributed by atoms with E-state index in [4.69, 9.17) is 0 Å². The molecule has 0 saturated carbocycles. The van der Waals surface area contributed by atoms with Crippen LogP contribution in [0.4, 0.5) is 26.3 Å². The molecule has 0 unspecified atom stereocenters. The van der Waals surface area contributed by atoms with Gasteiger partial charge in [0.05, 0.1) is 6.54 Å². The maximum absolute atomic E-state index is 12.0. The highest BCUT2D eigenvalue weighted by atomic mass is 19.4. The topological polar surface area (TPSA) is 23.6 Å². The Morgan fingerprint density at radius 3 is 1.76 bits per heavy atom. The maximum Gasteiger partial charge on any atom is 0.471 e. The van der Waals surface area contributed by atoms with Crippen molar-refractivity contribution < 1.29 is 31.1 Å². The Hall–Kier alpha value is -0.990. The number of carbonyl (C=O) groups excluding carboxylic acids is 1. The van der Waals surface area contributed by atoms with Gasteiger partial charge in [0.25, 0.3) is 0 Å². The Bertz CT molecular complexity index is 279. The number of hydrogen-bond acceptors (Lipinski definition) is 2. The molecule has 9 heteroatoms.